The van der Waals surface area contributed by atoms with E-state index in [1.54, 1.807) is 0 Å². The Bertz CT molecular complexity index is 871. The van der Waals surface area contributed by atoms with Gasteiger partial charge in [-0.25, -0.2) is 0 Å². The SMILES string of the molecule is C=C1C[C@@H](CCC)OC(=O)[C@@H](C)CCCC[C@@H]2O[C@@H](C[C@H](O[Si](C)(C)C(C)(C)C)[C@@H](O[Si](CC)(CC)CC)[C@H](C)C1)C[C@@H]2C. The van der Waals surface area contributed by atoms with Crippen molar-refractivity contribution in [2.24, 2.45) is 17.8 Å². The van der Waals surface area contributed by atoms with E-state index in [-0.39, 0.29) is 53.4 Å². The largest absolute Gasteiger partial charge is 0.462 e. The van der Waals surface area contributed by atoms with Crippen LogP contribution in [0.1, 0.15) is 133 Å². The van der Waals surface area contributed by atoms with Crippen LogP contribution in [0.25, 0.3) is 0 Å². The highest BCUT2D eigenvalue weighted by atomic mass is 28.4. The zero-order valence-electron chi connectivity index (χ0n) is 31.1. The Kier molecular flexibility index (Phi) is 15.9. The molecule has 44 heavy (non-hydrogen) atoms. The molecule has 2 fully saturated rings. The molecule has 2 rings (SSSR count). The van der Waals surface area contributed by atoms with Gasteiger partial charge >= 0.3 is 5.97 Å². The third-order valence-corrected chi connectivity index (χ3v) is 20.6. The van der Waals surface area contributed by atoms with Crippen molar-refractivity contribution < 1.29 is 23.1 Å². The lowest BCUT2D eigenvalue weighted by molar-refractivity contribution is -0.154. The predicted octanol–water partition coefficient (Wildman–Crippen LogP) is 10.8. The summed E-state index contributed by atoms with van der Waals surface area (Å²) in [7, 11) is -4.05. The van der Waals surface area contributed by atoms with Gasteiger partial charge in [-0.3, -0.25) is 4.79 Å². The van der Waals surface area contributed by atoms with E-state index in [4.69, 9.17) is 18.3 Å². The number of hydrogen-bond acceptors (Lipinski definition) is 5. The molecule has 258 valence electrons. The summed E-state index contributed by atoms with van der Waals surface area (Å²) in [5.74, 6) is 0.639. The van der Waals surface area contributed by atoms with Crippen LogP contribution in [0.5, 0.6) is 0 Å². The monoisotopic (exact) mass is 652 g/mol. The molecule has 0 spiro atoms. The fraction of sp³-hybridized carbons (Fsp3) is 0.919. The van der Waals surface area contributed by atoms with E-state index in [9.17, 15) is 4.79 Å². The minimum absolute atomic E-state index is 0.0172. The number of hydrogen-bond donors (Lipinski definition) is 0. The number of esters is 1. The molecule has 0 aliphatic carbocycles. The van der Waals surface area contributed by atoms with Gasteiger partial charge in [0.25, 0.3) is 0 Å². The van der Waals surface area contributed by atoms with Gasteiger partial charge < -0.3 is 18.3 Å². The molecule has 0 radical (unpaired) electrons. The molecule has 2 aliphatic heterocycles. The highest BCUT2D eigenvalue weighted by Gasteiger charge is 2.46. The van der Waals surface area contributed by atoms with E-state index in [1.807, 2.05) is 6.92 Å². The Balaban J connectivity index is 2.54. The molecule has 0 aromatic heterocycles. The number of fused-ring (bicyclic) bond motifs is 2. The summed E-state index contributed by atoms with van der Waals surface area (Å²) >= 11 is 0. The summed E-state index contributed by atoms with van der Waals surface area (Å²) in [5.41, 5.74) is 1.15. The Labute approximate surface area is 275 Å². The maximum Gasteiger partial charge on any atom is 0.308 e. The molecule has 0 amide bonds. The van der Waals surface area contributed by atoms with Crippen molar-refractivity contribution in [3.8, 4) is 0 Å². The average molecular weight is 653 g/mol. The summed E-state index contributed by atoms with van der Waals surface area (Å²) in [4.78, 5) is 13.1. The van der Waals surface area contributed by atoms with Gasteiger partial charge in [0.1, 0.15) is 6.10 Å². The maximum atomic E-state index is 13.1. The van der Waals surface area contributed by atoms with Crippen LogP contribution in [0.2, 0.25) is 36.3 Å². The van der Waals surface area contributed by atoms with Gasteiger partial charge in [0.05, 0.1) is 30.3 Å². The Hall–Kier alpha value is -0.476. The first kappa shape index (κ1) is 39.7. The molecule has 2 heterocycles. The lowest BCUT2D eigenvalue weighted by atomic mass is 9.88. The van der Waals surface area contributed by atoms with E-state index in [0.29, 0.717) is 5.92 Å². The molecule has 0 aromatic rings. The number of rotatable bonds is 9. The number of cyclic esters (lactones) is 1. The van der Waals surface area contributed by atoms with Crippen molar-refractivity contribution in [3.63, 3.8) is 0 Å². The second kappa shape index (κ2) is 17.6. The van der Waals surface area contributed by atoms with Gasteiger partial charge in [-0.05, 0) is 80.2 Å². The lowest BCUT2D eigenvalue weighted by Crippen LogP contribution is -2.53. The van der Waals surface area contributed by atoms with Crippen molar-refractivity contribution in [1.82, 2.24) is 0 Å². The Morgan fingerprint density at radius 1 is 0.886 bits per heavy atom. The standard InChI is InChI=1S/C37H72O5Si2/c1-14-20-31-24-27(5)23-30(8)35(42-44(15-2,16-3)17-4)34(41-43(12,13)37(9,10)11)26-32-25-29(7)33(39-32)22-19-18-21-28(6)36(38)40-31/h28-35H,5,14-26H2,1-4,6-13H3/t28-,29-,30+,31+,32+,33-,34-,35-/m0/s1. The Morgan fingerprint density at radius 2 is 1.50 bits per heavy atom. The third kappa shape index (κ3) is 11.3. The second-order valence-electron chi connectivity index (χ2n) is 16.2. The van der Waals surface area contributed by atoms with Crippen molar-refractivity contribution in [1.29, 1.82) is 0 Å². The summed E-state index contributed by atoms with van der Waals surface area (Å²) in [5, 5.41) is 0.103. The van der Waals surface area contributed by atoms with E-state index in [0.717, 1.165) is 87.9 Å². The van der Waals surface area contributed by atoms with Gasteiger partial charge in [0.2, 0.25) is 0 Å². The zero-order chi connectivity index (χ0) is 33.3. The Morgan fingerprint density at radius 3 is 2.07 bits per heavy atom. The number of ether oxygens (including phenoxy) is 2. The molecule has 0 saturated carbocycles. The lowest BCUT2D eigenvalue weighted by Gasteiger charge is -2.46. The van der Waals surface area contributed by atoms with E-state index < -0.39 is 16.6 Å². The van der Waals surface area contributed by atoms with Gasteiger partial charge in [0, 0.05) is 12.8 Å². The second-order valence-corrected chi connectivity index (χ2v) is 25.6. The summed E-state index contributed by atoms with van der Waals surface area (Å²) in [6.45, 7) is 32.2. The molecule has 0 N–H and O–H groups in total. The summed E-state index contributed by atoms with van der Waals surface area (Å²) < 4.78 is 27.9. The molecule has 2 aliphatic rings. The maximum absolute atomic E-state index is 13.1. The van der Waals surface area contributed by atoms with Crippen LogP contribution in [0.4, 0.5) is 0 Å². The highest BCUT2D eigenvalue weighted by molar-refractivity contribution is 6.74. The van der Waals surface area contributed by atoms with Crippen LogP contribution >= 0.6 is 0 Å². The quantitative estimate of drug-likeness (QED) is 0.141. The van der Waals surface area contributed by atoms with Crippen molar-refractivity contribution >= 4 is 22.6 Å². The van der Waals surface area contributed by atoms with Crippen LogP contribution in [-0.2, 0) is 23.1 Å². The first-order chi connectivity index (χ1) is 20.5. The van der Waals surface area contributed by atoms with Crippen molar-refractivity contribution in [3.05, 3.63) is 12.2 Å². The first-order valence-electron chi connectivity index (χ1n) is 18.4. The predicted molar refractivity (Wildman–Crippen MR) is 191 cm³/mol. The molecular weight excluding hydrogens is 581 g/mol. The molecular formula is C37H72O5Si2. The highest BCUT2D eigenvalue weighted by Crippen LogP contribution is 2.42. The van der Waals surface area contributed by atoms with Crippen molar-refractivity contribution in [2.45, 2.75) is 200 Å². The van der Waals surface area contributed by atoms with Crippen LogP contribution in [0.3, 0.4) is 0 Å². The van der Waals surface area contributed by atoms with Crippen LogP contribution in [0, 0.1) is 17.8 Å². The number of carbonyl (C=O) groups excluding carboxylic acids is 1. The fourth-order valence-electron chi connectivity index (χ4n) is 7.11. The fourth-order valence-corrected chi connectivity index (χ4v) is 11.4. The minimum atomic E-state index is -2.10. The molecule has 7 heteroatoms. The van der Waals surface area contributed by atoms with E-state index in [1.165, 1.54) is 0 Å². The van der Waals surface area contributed by atoms with E-state index >= 15 is 0 Å². The third-order valence-electron chi connectivity index (χ3n) is 11.4. The van der Waals surface area contributed by atoms with Crippen LogP contribution in [-0.4, -0.2) is 53.1 Å². The number of carbonyl (C=O) groups is 1. The molecule has 0 unspecified atom stereocenters. The van der Waals surface area contributed by atoms with Crippen molar-refractivity contribution in [2.75, 3.05) is 0 Å². The minimum Gasteiger partial charge on any atom is -0.462 e. The summed E-state index contributed by atoms with van der Waals surface area (Å²) in [6, 6.07) is 3.34. The van der Waals surface area contributed by atoms with Crippen LogP contribution < -0.4 is 0 Å². The summed E-state index contributed by atoms with van der Waals surface area (Å²) in [6.07, 6.45) is 9.77. The molecule has 5 nitrogen and oxygen atoms in total. The molecule has 8 atom stereocenters. The molecule has 2 saturated heterocycles. The smallest absolute Gasteiger partial charge is 0.308 e. The molecule has 2 bridgehead atoms. The topological polar surface area (TPSA) is 54.0 Å². The van der Waals surface area contributed by atoms with Gasteiger partial charge in [-0.1, -0.05) is 101 Å². The molecule has 0 aromatic carbocycles. The van der Waals surface area contributed by atoms with Gasteiger partial charge in [-0.2, -0.15) is 0 Å². The van der Waals surface area contributed by atoms with E-state index in [2.05, 4.69) is 82.0 Å². The van der Waals surface area contributed by atoms with Gasteiger partial charge in [-0.15, -0.1) is 0 Å². The zero-order valence-corrected chi connectivity index (χ0v) is 33.1. The normalized spacial score (nSPS) is 32.6. The average Bonchev–Trinajstić information content (AvgIpc) is 3.28. The van der Waals surface area contributed by atoms with Gasteiger partial charge in [0.15, 0.2) is 16.6 Å². The first-order valence-corrected chi connectivity index (χ1v) is 23.8. The van der Waals surface area contributed by atoms with Crippen LogP contribution in [0.15, 0.2) is 12.2 Å².